The minimum atomic E-state index is -0.515. The van der Waals surface area contributed by atoms with Crippen LogP contribution in [0, 0.1) is 0 Å². The van der Waals surface area contributed by atoms with Crippen LogP contribution in [-0.4, -0.2) is 11.9 Å². The number of hydrogen-bond acceptors (Lipinski definition) is 2. The summed E-state index contributed by atoms with van der Waals surface area (Å²) in [4.78, 5) is 23.7. The van der Waals surface area contributed by atoms with Crippen molar-refractivity contribution in [3.8, 4) is 0 Å². The van der Waals surface area contributed by atoms with E-state index in [1.165, 1.54) is 0 Å². The Morgan fingerprint density at radius 1 is 1.00 bits per heavy atom. The third-order valence-electron chi connectivity index (χ3n) is 2.98. The Bertz CT molecular complexity index is 626. The summed E-state index contributed by atoms with van der Waals surface area (Å²) in [6, 6.07) is 15.5. The van der Waals surface area contributed by atoms with Gasteiger partial charge in [0.15, 0.2) is 0 Å². The van der Waals surface area contributed by atoms with E-state index in [1.807, 2.05) is 37.3 Å². The first kappa shape index (κ1) is 15.3. The number of urea groups is 1. The van der Waals surface area contributed by atoms with E-state index in [0.717, 1.165) is 10.0 Å². The normalized spacial score (nSPS) is 11.5. The quantitative estimate of drug-likeness (QED) is 0.891. The highest BCUT2D eigenvalue weighted by Gasteiger charge is 2.13. The second-order valence-electron chi connectivity index (χ2n) is 4.57. The number of halogens is 1. The Morgan fingerprint density at radius 2 is 1.62 bits per heavy atom. The van der Waals surface area contributed by atoms with Crippen LogP contribution in [0.25, 0.3) is 0 Å². The van der Waals surface area contributed by atoms with E-state index in [2.05, 4.69) is 26.6 Å². The highest BCUT2D eigenvalue weighted by Crippen LogP contribution is 2.16. The lowest BCUT2D eigenvalue weighted by molar-refractivity contribution is 0.0963. The molecule has 2 rings (SSSR count). The van der Waals surface area contributed by atoms with Gasteiger partial charge in [-0.3, -0.25) is 10.1 Å². The molecule has 1 atom stereocenters. The molecule has 0 aromatic heterocycles. The zero-order valence-electron chi connectivity index (χ0n) is 11.5. The van der Waals surface area contributed by atoms with E-state index < -0.39 is 11.9 Å². The molecule has 0 aliphatic heterocycles. The maximum atomic E-state index is 11.8. The van der Waals surface area contributed by atoms with Gasteiger partial charge in [0.25, 0.3) is 5.91 Å². The first-order valence-electron chi connectivity index (χ1n) is 6.48. The summed E-state index contributed by atoms with van der Waals surface area (Å²) in [7, 11) is 0. The zero-order valence-corrected chi connectivity index (χ0v) is 13.1. The van der Waals surface area contributed by atoms with Crippen molar-refractivity contribution in [1.82, 2.24) is 10.6 Å². The lowest BCUT2D eigenvalue weighted by atomic mass is 10.1. The molecule has 0 heterocycles. The Kier molecular flexibility index (Phi) is 5.11. The highest BCUT2D eigenvalue weighted by molar-refractivity contribution is 9.10. The van der Waals surface area contributed by atoms with Crippen LogP contribution in [-0.2, 0) is 0 Å². The number of imide groups is 1. The average molecular weight is 347 g/mol. The molecular weight excluding hydrogens is 332 g/mol. The van der Waals surface area contributed by atoms with Crippen LogP contribution in [0.4, 0.5) is 4.79 Å². The second kappa shape index (κ2) is 7.04. The summed E-state index contributed by atoms with van der Waals surface area (Å²) in [6.07, 6.45) is 0. The van der Waals surface area contributed by atoms with Gasteiger partial charge in [0.2, 0.25) is 0 Å². The SMILES string of the molecule is CC(NC(=O)NC(=O)c1ccccc1)c1ccc(Br)cc1. The Labute approximate surface area is 131 Å². The number of carbonyl (C=O) groups is 2. The number of amides is 3. The largest absolute Gasteiger partial charge is 0.331 e. The molecule has 0 aliphatic rings. The molecule has 0 fully saturated rings. The number of carbonyl (C=O) groups excluding carboxylic acids is 2. The molecule has 1 unspecified atom stereocenters. The van der Waals surface area contributed by atoms with Gasteiger partial charge in [-0.15, -0.1) is 0 Å². The molecule has 2 aromatic rings. The molecule has 0 bridgehead atoms. The minimum absolute atomic E-state index is 0.193. The van der Waals surface area contributed by atoms with Gasteiger partial charge >= 0.3 is 6.03 Å². The molecule has 2 aromatic carbocycles. The fourth-order valence-electron chi connectivity index (χ4n) is 1.83. The number of rotatable bonds is 3. The van der Waals surface area contributed by atoms with Gasteiger partial charge in [0, 0.05) is 10.0 Å². The van der Waals surface area contributed by atoms with Gasteiger partial charge in [-0.25, -0.2) is 4.79 Å². The van der Waals surface area contributed by atoms with Crippen molar-refractivity contribution in [2.45, 2.75) is 13.0 Å². The molecule has 3 amide bonds. The fraction of sp³-hybridized carbons (Fsp3) is 0.125. The van der Waals surface area contributed by atoms with Crippen molar-refractivity contribution >= 4 is 27.9 Å². The first-order valence-corrected chi connectivity index (χ1v) is 7.28. The Hall–Kier alpha value is -2.14. The fourth-order valence-corrected chi connectivity index (χ4v) is 2.10. The predicted octanol–water partition coefficient (Wildman–Crippen LogP) is 3.65. The van der Waals surface area contributed by atoms with Gasteiger partial charge in [0.1, 0.15) is 0 Å². The van der Waals surface area contributed by atoms with Crippen molar-refractivity contribution in [3.05, 3.63) is 70.2 Å². The van der Waals surface area contributed by atoms with Crippen molar-refractivity contribution < 1.29 is 9.59 Å². The molecule has 0 saturated carbocycles. The van der Waals surface area contributed by atoms with Crippen LogP contribution in [0.3, 0.4) is 0 Å². The van der Waals surface area contributed by atoms with Crippen molar-refractivity contribution in [2.75, 3.05) is 0 Å². The summed E-state index contributed by atoms with van der Waals surface area (Å²) in [6.45, 7) is 1.86. The van der Waals surface area contributed by atoms with Gasteiger partial charge in [-0.2, -0.15) is 0 Å². The van der Waals surface area contributed by atoms with Crippen LogP contribution in [0.1, 0.15) is 28.9 Å². The summed E-state index contributed by atoms with van der Waals surface area (Å²) < 4.78 is 0.974. The molecule has 21 heavy (non-hydrogen) atoms. The summed E-state index contributed by atoms with van der Waals surface area (Å²) in [5, 5.41) is 5.04. The van der Waals surface area contributed by atoms with Crippen molar-refractivity contribution in [2.24, 2.45) is 0 Å². The Morgan fingerprint density at radius 3 is 2.24 bits per heavy atom. The summed E-state index contributed by atoms with van der Waals surface area (Å²) in [5.41, 5.74) is 1.41. The molecule has 108 valence electrons. The smallest absolute Gasteiger partial charge is 0.322 e. The lowest BCUT2D eigenvalue weighted by Crippen LogP contribution is -2.40. The van der Waals surface area contributed by atoms with Gasteiger partial charge in [-0.05, 0) is 36.8 Å². The van der Waals surface area contributed by atoms with E-state index in [1.54, 1.807) is 24.3 Å². The first-order chi connectivity index (χ1) is 10.1. The van der Waals surface area contributed by atoms with Crippen LogP contribution in [0.5, 0.6) is 0 Å². The van der Waals surface area contributed by atoms with E-state index in [-0.39, 0.29) is 6.04 Å². The third-order valence-corrected chi connectivity index (χ3v) is 3.51. The van der Waals surface area contributed by atoms with Crippen LogP contribution < -0.4 is 10.6 Å². The minimum Gasteiger partial charge on any atom is -0.331 e. The van der Waals surface area contributed by atoms with Crippen molar-refractivity contribution in [3.63, 3.8) is 0 Å². The molecule has 0 radical (unpaired) electrons. The van der Waals surface area contributed by atoms with Crippen LogP contribution in [0.15, 0.2) is 59.1 Å². The van der Waals surface area contributed by atoms with Crippen LogP contribution in [0.2, 0.25) is 0 Å². The number of nitrogens with one attached hydrogen (secondary N) is 2. The zero-order chi connectivity index (χ0) is 15.2. The molecule has 0 spiro atoms. The van der Waals surface area contributed by atoms with Gasteiger partial charge in [0.05, 0.1) is 6.04 Å². The molecule has 4 nitrogen and oxygen atoms in total. The van der Waals surface area contributed by atoms with Gasteiger partial charge < -0.3 is 5.32 Å². The van der Waals surface area contributed by atoms with E-state index in [4.69, 9.17) is 0 Å². The summed E-state index contributed by atoms with van der Waals surface area (Å²) >= 11 is 3.36. The second-order valence-corrected chi connectivity index (χ2v) is 5.48. The molecule has 0 saturated heterocycles. The topological polar surface area (TPSA) is 58.2 Å². The average Bonchev–Trinajstić information content (AvgIpc) is 2.48. The van der Waals surface area contributed by atoms with Gasteiger partial charge in [-0.1, -0.05) is 46.3 Å². The molecule has 5 heteroatoms. The van der Waals surface area contributed by atoms with E-state index >= 15 is 0 Å². The maximum absolute atomic E-state index is 11.8. The van der Waals surface area contributed by atoms with Crippen LogP contribution >= 0.6 is 15.9 Å². The predicted molar refractivity (Wildman–Crippen MR) is 85.0 cm³/mol. The number of benzene rings is 2. The third kappa shape index (κ3) is 4.43. The maximum Gasteiger partial charge on any atom is 0.322 e. The van der Waals surface area contributed by atoms with Crippen molar-refractivity contribution in [1.29, 1.82) is 0 Å². The monoisotopic (exact) mass is 346 g/mol. The standard InChI is InChI=1S/C16H15BrN2O2/c1-11(12-7-9-14(17)10-8-12)18-16(21)19-15(20)13-5-3-2-4-6-13/h2-11H,1H3,(H2,18,19,20,21). The Balaban J connectivity index is 1.92. The lowest BCUT2D eigenvalue weighted by Gasteiger charge is -2.14. The molecule has 2 N–H and O–H groups in total. The molecule has 0 aliphatic carbocycles. The highest BCUT2D eigenvalue weighted by atomic mass is 79.9. The molecular formula is C16H15BrN2O2. The van der Waals surface area contributed by atoms with E-state index in [0.29, 0.717) is 5.56 Å². The van der Waals surface area contributed by atoms with E-state index in [9.17, 15) is 9.59 Å². The number of hydrogen-bond donors (Lipinski definition) is 2. The summed E-state index contributed by atoms with van der Waals surface area (Å²) in [5.74, 6) is -0.420.